The normalized spacial score (nSPS) is 14.2. The fourth-order valence-electron chi connectivity index (χ4n) is 2.50. The molecule has 0 amide bonds. The second-order valence-electron chi connectivity index (χ2n) is 5.43. The highest BCUT2D eigenvalue weighted by Crippen LogP contribution is 2.27. The van der Waals surface area contributed by atoms with Gasteiger partial charge < -0.3 is 9.73 Å². The third kappa shape index (κ3) is 3.13. The molecule has 0 radical (unpaired) electrons. The maximum absolute atomic E-state index is 5.67. The molecule has 0 fully saturated rings. The Labute approximate surface area is 122 Å². The van der Waals surface area contributed by atoms with Crippen LogP contribution in [-0.4, -0.2) is 6.54 Å². The van der Waals surface area contributed by atoms with Crippen molar-refractivity contribution >= 4 is 0 Å². The van der Waals surface area contributed by atoms with Crippen LogP contribution in [-0.2, 0) is 0 Å². The van der Waals surface area contributed by atoms with Gasteiger partial charge in [-0.3, -0.25) is 0 Å². The van der Waals surface area contributed by atoms with Gasteiger partial charge in [0.15, 0.2) is 0 Å². The number of nitrogens with one attached hydrogen (secondary N) is 1. The molecule has 0 bridgehead atoms. The van der Waals surface area contributed by atoms with Gasteiger partial charge in [-0.1, -0.05) is 45.0 Å². The van der Waals surface area contributed by atoms with E-state index in [0.717, 1.165) is 12.3 Å². The van der Waals surface area contributed by atoms with Crippen molar-refractivity contribution in [3.05, 3.63) is 59.0 Å². The highest BCUT2D eigenvalue weighted by atomic mass is 16.3. The summed E-state index contributed by atoms with van der Waals surface area (Å²) in [6, 6.07) is 11.1. The first-order valence-corrected chi connectivity index (χ1v) is 7.54. The molecular formula is C18H25NO. The molecule has 2 heteroatoms. The summed E-state index contributed by atoms with van der Waals surface area (Å²) in [4.78, 5) is 0. The molecule has 0 aliphatic rings. The van der Waals surface area contributed by atoms with Crippen LogP contribution in [0.15, 0.2) is 41.0 Å². The van der Waals surface area contributed by atoms with E-state index >= 15 is 0 Å². The van der Waals surface area contributed by atoms with E-state index in [1.54, 1.807) is 6.26 Å². The van der Waals surface area contributed by atoms with Crippen LogP contribution in [0.1, 0.15) is 61.6 Å². The average molecular weight is 271 g/mol. The molecule has 0 aliphatic carbocycles. The van der Waals surface area contributed by atoms with E-state index in [0.29, 0.717) is 5.92 Å². The van der Waals surface area contributed by atoms with Crippen LogP contribution >= 0.6 is 0 Å². The molecule has 0 saturated heterocycles. The predicted molar refractivity (Wildman–Crippen MR) is 84.1 cm³/mol. The summed E-state index contributed by atoms with van der Waals surface area (Å²) in [5.74, 6) is 1.63. The van der Waals surface area contributed by atoms with Gasteiger partial charge in [0.2, 0.25) is 0 Å². The fraction of sp³-hybridized carbons (Fsp3) is 0.444. The van der Waals surface area contributed by atoms with Crippen molar-refractivity contribution in [2.24, 2.45) is 0 Å². The number of hydrogen-bond donors (Lipinski definition) is 1. The minimum atomic E-state index is 0.140. The minimum Gasteiger partial charge on any atom is -0.467 e. The molecule has 0 saturated carbocycles. The first-order chi connectivity index (χ1) is 9.67. The summed E-state index contributed by atoms with van der Waals surface area (Å²) in [6.07, 6.45) is 2.94. The Kier molecular flexibility index (Phi) is 5.02. The van der Waals surface area contributed by atoms with E-state index in [9.17, 15) is 0 Å². The molecule has 20 heavy (non-hydrogen) atoms. The summed E-state index contributed by atoms with van der Waals surface area (Å²) >= 11 is 0. The molecule has 1 aromatic carbocycles. The van der Waals surface area contributed by atoms with E-state index in [4.69, 9.17) is 4.42 Å². The Bertz CT molecular complexity index is 527. The Hall–Kier alpha value is -1.54. The molecule has 108 valence electrons. The number of rotatable bonds is 6. The monoisotopic (exact) mass is 271 g/mol. The molecule has 2 rings (SSSR count). The second kappa shape index (κ2) is 6.76. The lowest BCUT2D eigenvalue weighted by Crippen LogP contribution is -2.22. The minimum absolute atomic E-state index is 0.140. The van der Waals surface area contributed by atoms with E-state index in [1.807, 2.05) is 6.07 Å². The summed E-state index contributed by atoms with van der Waals surface area (Å²) in [5.41, 5.74) is 3.86. The van der Waals surface area contributed by atoms with Crippen molar-refractivity contribution in [2.75, 3.05) is 6.54 Å². The Morgan fingerprint density at radius 3 is 2.20 bits per heavy atom. The SMILES string of the molecule is CCNC(c1ccc(C(C)CC)cc1)c1occc1C. The lowest BCUT2D eigenvalue weighted by Gasteiger charge is -2.18. The van der Waals surface area contributed by atoms with Crippen molar-refractivity contribution in [1.82, 2.24) is 5.32 Å². The van der Waals surface area contributed by atoms with E-state index in [-0.39, 0.29) is 6.04 Å². The Morgan fingerprint density at radius 2 is 1.70 bits per heavy atom. The third-order valence-electron chi connectivity index (χ3n) is 4.02. The van der Waals surface area contributed by atoms with Gasteiger partial charge in [-0.15, -0.1) is 0 Å². The zero-order chi connectivity index (χ0) is 14.5. The van der Waals surface area contributed by atoms with Crippen molar-refractivity contribution in [3.8, 4) is 0 Å². The van der Waals surface area contributed by atoms with Crippen LogP contribution in [0.3, 0.4) is 0 Å². The van der Waals surface area contributed by atoms with Crippen LogP contribution in [0.4, 0.5) is 0 Å². The van der Waals surface area contributed by atoms with E-state index < -0.39 is 0 Å². The van der Waals surface area contributed by atoms with Crippen LogP contribution in [0.2, 0.25) is 0 Å². The molecule has 2 nitrogen and oxygen atoms in total. The summed E-state index contributed by atoms with van der Waals surface area (Å²) in [5, 5.41) is 3.51. The average Bonchev–Trinajstić information content (AvgIpc) is 2.90. The largest absolute Gasteiger partial charge is 0.467 e. The molecular weight excluding hydrogens is 246 g/mol. The quantitative estimate of drug-likeness (QED) is 0.816. The molecule has 1 N–H and O–H groups in total. The topological polar surface area (TPSA) is 25.2 Å². The molecule has 1 heterocycles. The van der Waals surface area contributed by atoms with Crippen molar-refractivity contribution < 1.29 is 4.42 Å². The molecule has 2 atom stereocenters. The van der Waals surface area contributed by atoms with Crippen LogP contribution in [0, 0.1) is 6.92 Å². The highest BCUT2D eigenvalue weighted by Gasteiger charge is 2.18. The summed E-state index contributed by atoms with van der Waals surface area (Å²) in [7, 11) is 0. The molecule has 2 aromatic rings. The standard InChI is InChI=1S/C18H25NO/c1-5-13(3)15-7-9-16(10-8-15)17(19-6-2)18-14(4)11-12-20-18/h7-13,17,19H,5-6H2,1-4H3. The smallest absolute Gasteiger partial charge is 0.128 e. The van der Waals surface area contributed by atoms with Gasteiger partial charge in [0.1, 0.15) is 5.76 Å². The first kappa shape index (κ1) is 14.9. The Balaban J connectivity index is 2.28. The van der Waals surface area contributed by atoms with Crippen molar-refractivity contribution in [2.45, 2.75) is 46.1 Å². The maximum Gasteiger partial charge on any atom is 0.128 e. The van der Waals surface area contributed by atoms with Crippen molar-refractivity contribution in [1.29, 1.82) is 0 Å². The number of aryl methyl sites for hydroxylation is 1. The number of hydrogen-bond acceptors (Lipinski definition) is 2. The van der Waals surface area contributed by atoms with Gasteiger partial charge >= 0.3 is 0 Å². The number of benzene rings is 1. The van der Waals surface area contributed by atoms with Crippen LogP contribution in [0.25, 0.3) is 0 Å². The van der Waals surface area contributed by atoms with Gasteiger partial charge in [-0.2, -0.15) is 0 Å². The highest BCUT2D eigenvalue weighted by molar-refractivity contribution is 5.33. The summed E-state index contributed by atoms with van der Waals surface area (Å²) < 4.78 is 5.67. The number of furan rings is 1. The second-order valence-corrected chi connectivity index (χ2v) is 5.43. The van der Waals surface area contributed by atoms with E-state index in [1.165, 1.54) is 23.1 Å². The lowest BCUT2D eigenvalue weighted by atomic mass is 9.95. The maximum atomic E-state index is 5.67. The molecule has 2 unspecified atom stereocenters. The van der Waals surface area contributed by atoms with Gasteiger partial charge in [0.05, 0.1) is 12.3 Å². The van der Waals surface area contributed by atoms with Crippen LogP contribution < -0.4 is 5.32 Å². The fourth-order valence-corrected chi connectivity index (χ4v) is 2.50. The van der Waals surface area contributed by atoms with Gasteiger partial charge in [0.25, 0.3) is 0 Å². The predicted octanol–water partition coefficient (Wildman–Crippen LogP) is 4.80. The van der Waals surface area contributed by atoms with Gasteiger partial charge in [-0.05, 0) is 48.6 Å². The molecule has 0 spiro atoms. The molecule has 1 aromatic heterocycles. The van der Waals surface area contributed by atoms with Gasteiger partial charge in [-0.25, -0.2) is 0 Å². The zero-order valence-corrected chi connectivity index (χ0v) is 12.9. The van der Waals surface area contributed by atoms with Gasteiger partial charge in [0, 0.05) is 0 Å². The molecule has 0 aliphatic heterocycles. The van der Waals surface area contributed by atoms with Crippen LogP contribution in [0.5, 0.6) is 0 Å². The first-order valence-electron chi connectivity index (χ1n) is 7.54. The lowest BCUT2D eigenvalue weighted by molar-refractivity contribution is 0.449. The summed E-state index contributed by atoms with van der Waals surface area (Å²) in [6.45, 7) is 9.63. The zero-order valence-electron chi connectivity index (χ0n) is 12.9. The van der Waals surface area contributed by atoms with Crippen molar-refractivity contribution in [3.63, 3.8) is 0 Å². The van der Waals surface area contributed by atoms with E-state index in [2.05, 4.69) is 57.3 Å². The third-order valence-corrected chi connectivity index (χ3v) is 4.02. The Morgan fingerprint density at radius 1 is 1.05 bits per heavy atom.